The SMILES string of the molecule is CCNC1c2cc(OC)ccc2CC1n1ccnc1CC. The Morgan fingerprint density at radius 1 is 1.38 bits per heavy atom. The van der Waals surface area contributed by atoms with Gasteiger partial charge in [0.2, 0.25) is 0 Å². The molecule has 0 saturated carbocycles. The molecule has 2 unspecified atom stereocenters. The molecule has 0 amide bonds. The number of nitrogens with zero attached hydrogens (tertiary/aromatic N) is 2. The van der Waals surface area contributed by atoms with Crippen molar-refractivity contribution in [2.75, 3.05) is 13.7 Å². The highest BCUT2D eigenvalue weighted by Gasteiger charge is 2.34. The van der Waals surface area contributed by atoms with E-state index in [2.05, 4.69) is 53.1 Å². The van der Waals surface area contributed by atoms with Gasteiger partial charge in [0.25, 0.3) is 0 Å². The summed E-state index contributed by atoms with van der Waals surface area (Å²) in [5.41, 5.74) is 2.76. The Morgan fingerprint density at radius 2 is 2.24 bits per heavy atom. The van der Waals surface area contributed by atoms with Gasteiger partial charge in [0.05, 0.1) is 19.2 Å². The summed E-state index contributed by atoms with van der Waals surface area (Å²) in [7, 11) is 1.72. The lowest BCUT2D eigenvalue weighted by Crippen LogP contribution is -2.28. The van der Waals surface area contributed by atoms with Gasteiger partial charge in [0.15, 0.2) is 0 Å². The molecule has 1 aromatic heterocycles. The Labute approximate surface area is 126 Å². The predicted molar refractivity (Wildman–Crippen MR) is 83.8 cm³/mol. The van der Waals surface area contributed by atoms with Crippen molar-refractivity contribution in [3.05, 3.63) is 47.5 Å². The molecule has 1 aromatic carbocycles. The van der Waals surface area contributed by atoms with Crippen LogP contribution < -0.4 is 10.1 Å². The van der Waals surface area contributed by atoms with E-state index in [1.165, 1.54) is 11.1 Å². The third kappa shape index (κ3) is 2.44. The summed E-state index contributed by atoms with van der Waals surface area (Å²) >= 11 is 0. The molecular weight excluding hydrogens is 262 g/mol. The lowest BCUT2D eigenvalue weighted by Gasteiger charge is -2.24. The first kappa shape index (κ1) is 14.1. The molecule has 0 saturated heterocycles. The third-order valence-corrected chi connectivity index (χ3v) is 4.35. The Bertz CT molecular complexity index is 620. The maximum atomic E-state index is 5.39. The quantitative estimate of drug-likeness (QED) is 0.918. The molecule has 0 fully saturated rings. The zero-order valence-corrected chi connectivity index (χ0v) is 13.0. The minimum Gasteiger partial charge on any atom is -0.497 e. The second-order valence-electron chi connectivity index (χ2n) is 5.48. The molecule has 0 bridgehead atoms. The minimum atomic E-state index is 0.319. The molecule has 1 N–H and O–H groups in total. The number of hydrogen-bond acceptors (Lipinski definition) is 3. The lowest BCUT2D eigenvalue weighted by molar-refractivity contribution is 0.377. The van der Waals surface area contributed by atoms with E-state index in [1.54, 1.807) is 7.11 Å². The number of hydrogen-bond donors (Lipinski definition) is 1. The number of ether oxygens (including phenoxy) is 1. The molecule has 3 rings (SSSR count). The smallest absolute Gasteiger partial charge is 0.119 e. The number of likely N-dealkylation sites (N-methyl/N-ethyl adjacent to an activating group) is 1. The van der Waals surface area contributed by atoms with Crippen LogP contribution in [0.25, 0.3) is 0 Å². The van der Waals surface area contributed by atoms with E-state index in [-0.39, 0.29) is 0 Å². The van der Waals surface area contributed by atoms with Gasteiger partial charge in [-0.1, -0.05) is 19.9 Å². The summed E-state index contributed by atoms with van der Waals surface area (Å²) in [5.74, 6) is 2.08. The molecular formula is C17H23N3O. The summed E-state index contributed by atoms with van der Waals surface area (Å²) in [5, 5.41) is 3.64. The molecule has 2 aromatic rings. The van der Waals surface area contributed by atoms with Gasteiger partial charge in [0, 0.05) is 18.8 Å². The largest absolute Gasteiger partial charge is 0.497 e. The van der Waals surface area contributed by atoms with Crippen molar-refractivity contribution in [3.8, 4) is 5.75 Å². The van der Waals surface area contributed by atoms with Gasteiger partial charge in [-0.2, -0.15) is 0 Å². The van der Waals surface area contributed by atoms with Crippen molar-refractivity contribution >= 4 is 0 Å². The maximum Gasteiger partial charge on any atom is 0.119 e. The summed E-state index contributed by atoms with van der Waals surface area (Å²) < 4.78 is 7.72. The third-order valence-electron chi connectivity index (χ3n) is 4.35. The van der Waals surface area contributed by atoms with Crippen molar-refractivity contribution in [2.45, 2.75) is 38.8 Å². The summed E-state index contributed by atoms with van der Waals surface area (Å²) in [6.45, 7) is 5.27. The summed E-state index contributed by atoms with van der Waals surface area (Å²) in [6, 6.07) is 7.13. The number of aromatic nitrogens is 2. The standard InChI is InChI=1S/C17H23N3O/c1-4-16-19-8-9-20(16)15-10-12-6-7-13(21-3)11-14(12)17(15)18-5-2/h6-9,11,15,17-18H,4-5,10H2,1-3H3. The predicted octanol–water partition coefficient (Wildman–Crippen LogP) is 2.90. The number of methoxy groups -OCH3 is 1. The fraction of sp³-hybridized carbons (Fsp3) is 0.471. The van der Waals surface area contributed by atoms with Gasteiger partial charge in [-0.05, 0) is 36.2 Å². The zero-order chi connectivity index (χ0) is 14.8. The molecule has 1 aliphatic carbocycles. The van der Waals surface area contributed by atoms with Gasteiger partial charge in [-0.25, -0.2) is 4.98 Å². The second kappa shape index (κ2) is 5.90. The number of imidazole rings is 1. The van der Waals surface area contributed by atoms with Crippen LogP contribution in [0.4, 0.5) is 0 Å². The first-order chi connectivity index (χ1) is 10.3. The molecule has 4 heteroatoms. The second-order valence-corrected chi connectivity index (χ2v) is 5.48. The van der Waals surface area contributed by atoms with E-state index in [0.29, 0.717) is 12.1 Å². The van der Waals surface area contributed by atoms with E-state index in [1.807, 2.05) is 6.20 Å². The molecule has 112 valence electrons. The highest BCUT2D eigenvalue weighted by Crippen LogP contribution is 2.41. The highest BCUT2D eigenvalue weighted by atomic mass is 16.5. The van der Waals surface area contributed by atoms with Crippen molar-refractivity contribution in [3.63, 3.8) is 0 Å². The molecule has 0 radical (unpaired) electrons. The molecule has 0 aliphatic heterocycles. The van der Waals surface area contributed by atoms with E-state index in [9.17, 15) is 0 Å². The number of aryl methyl sites for hydroxylation is 1. The average molecular weight is 285 g/mol. The Kier molecular flexibility index (Phi) is 3.97. The van der Waals surface area contributed by atoms with Crippen LogP contribution >= 0.6 is 0 Å². The van der Waals surface area contributed by atoms with Gasteiger partial charge >= 0.3 is 0 Å². The number of nitrogens with one attached hydrogen (secondary N) is 1. The van der Waals surface area contributed by atoms with Crippen LogP contribution in [0.3, 0.4) is 0 Å². The van der Waals surface area contributed by atoms with Crippen LogP contribution in [0.1, 0.15) is 42.9 Å². The molecule has 4 nitrogen and oxygen atoms in total. The average Bonchev–Trinajstić information content (AvgIpc) is 3.11. The van der Waals surface area contributed by atoms with E-state index < -0.39 is 0 Å². The lowest BCUT2D eigenvalue weighted by atomic mass is 10.1. The molecule has 21 heavy (non-hydrogen) atoms. The molecule has 1 aliphatic rings. The first-order valence-corrected chi connectivity index (χ1v) is 7.70. The number of rotatable bonds is 5. The van der Waals surface area contributed by atoms with Crippen molar-refractivity contribution < 1.29 is 4.74 Å². The zero-order valence-electron chi connectivity index (χ0n) is 13.0. The van der Waals surface area contributed by atoms with Crippen LogP contribution in [0, 0.1) is 0 Å². The topological polar surface area (TPSA) is 39.1 Å². The van der Waals surface area contributed by atoms with Crippen LogP contribution in [0.5, 0.6) is 5.75 Å². The summed E-state index contributed by atoms with van der Waals surface area (Å²) in [6.07, 6.45) is 6.02. The van der Waals surface area contributed by atoms with Crippen molar-refractivity contribution in [2.24, 2.45) is 0 Å². The summed E-state index contributed by atoms with van der Waals surface area (Å²) in [4.78, 5) is 4.48. The van der Waals surface area contributed by atoms with Crippen LogP contribution in [0.2, 0.25) is 0 Å². The Morgan fingerprint density at radius 3 is 2.95 bits per heavy atom. The van der Waals surface area contributed by atoms with Gasteiger partial charge < -0.3 is 14.6 Å². The van der Waals surface area contributed by atoms with E-state index >= 15 is 0 Å². The van der Waals surface area contributed by atoms with Gasteiger partial charge in [-0.15, -0.1) is 0 Å². The normalized spacial score (nSPS) is 20.5. The van der Waals surface area contributed by atoms with Crippen LogP contribution in [0.15, 0.2) is 30.6 Å². The fourth-order valence-corrected chi connectivity index (χ4v) is 3.37. The fourth-order valence-electron chi connectivity index (χ4n) is 3.37. The molecule has 0 spiro atoms. The van der Waals surface area contributed by atoms with Crippen LogP contribution in [-0.2, 0) is 12.8 Å². The van der Waals surface area contributed by atoms with Gasteiger partial charge in [0.1, 0.15) is 11.6 Å². The number of benzene rings is 1. The maximum absolute atomic E-state index is 5.39. The van der Waals surface area contributed by atoms with E-state index in [4.69, 9.17) is 4.74 Å². The molecule has 2 atom stereocenters. The van der Waals surface area contributed by atoms with Gasteiger partial charge in [-0.3, -0.25) is 0 Å². The van der Waals surface area contributed by atoms with E-state index in [0.717, 1.165) is 31.0 Å². The Hall–Kier alpha value is -1.81. The monoisotopic (exact) mass is 285 g/mol. The number of fused-ring (bicyclic) bond motifs is 1. The molecule has 1 heterocycles. The minimum absolute atomic E-state index is 0.319. The first-order valence-electron chi connectivity index (χ1n) is 7.70. The van der Waals surface area contributed by atoms with Crippen molar-refractivity contribution in [1.82, 2.24) is 14.9 Å². The highest BCUT2D eigenvalue weighted by molar-refractivity contribution is 5.42. The Balaban J connectivity index is 2.00. The van der Waals surface area contributed by atoms with Crippen molar-refractivity contribution in [1.29, 1.82) is 0 Å². The van der Waals surface area contributed by atoms with Crippen LogP contribution in [-0.4, -0.2) is 23.2 Å².